The van der Waals surface area contributed by atoms with Gasteiger partial charge < -0.3 is 20.0 Å². The molecule has 7 heteroatoms. The first-order valence-corrected chi connectivity index (χ1v) is 12.2. The summed E-state index contributed by atoms with van der Waals surface area (Å²) >= 11 is 0. The van der Waals surface area contributed by atoms with E-state index in [1.165, 1.54) is 6.33 Å². The molecule has 0 atom stereocenters. The maximum Gasteiger partial charge on any atom is 0.255 e. The molecule has 6 aromatic rings. The van der Waals surface area contributed by atoms with Gasteiger partial charge in [-0.1, -0.05) is 30.3 Å². The van der Waals surface area contributed by atoms with Gasteiger partial charge in [-0.3, -0.25) is 4.79 Å². The monoisotopic (exact) mass is 499 g/mol. The van der Waals surface area contributed by atoms with Crippen LogP contribution in [0, 0.1) is 0 Å². The van der Waals surface area contributed by atoms with Crippen LogP contribution in [-0.2, 0) is 0 Å². The summed E-state index contributed by atoms with van der Waals surface area (Å²) in [5.41, 5.74) is 6.50. The smallest absolute Gasteiger partial charge is 0.255 e. The maximum absolute atomic E-state index is 12.6. The van der Waals surface area contributed by atoms with Crippen molar-refractivity contribution >= 4 is 50.7 Å². The van der Waals surface area contributed by atoms with E-state index in [1.807, 2.05) is 104 Å². The molecule has 0 radical (unpaired) electrons. The molecule has 0 saturated heterocycles. The van der Waals surface area contributed by atoms with Crippen LogP contribution in [0.4, 0.5) is 22.9 Å². The highest BCUT2D eigenvalue weighted by Crippen LogP contribution is 2.35. The van der Waals surface area contributed by atoms with Gasteiger partial charge in [0.2, 0.25) is 0 Å². The third kappa shape index (κ3) is 4.53. The summed E-state index contributed by atoms with van der Waals surface area (Å²) in [5.74, 6) is 0.497. The fourth-order valence-electron chi connectivity index (χ4n) is 4.42. The average molecular weight is 500 g/mol. The SMILES string of the molecule is CN(C)c1ccc(C(=O)Nc2ccc(Nc3cc(-c4cccc5c4oc4ccccc45)ncn3)cc2)cc1. The van der Waals surface area contributed by atoms with Gasteiger partial charge >= 0.3 is 0 Å². The molecule has 6 rings (SSSR count). The van der Waals surface area contributed by atoms with Gasteiger partial charge in [0.15, 0.2) is 0 Å². The molecule has 0 aliphatic heterocycles. The molecule has 38 heavy (non-hydrogen) atoms. The number of fused-ring (bicyclic) bond motifs is 3. The van der Waals surface area contributed by atoms with E-state index in [-0.39, 0.29) is 5.91 Å². The summed E-state index contributed by atoms with van der Waals surface area (Å²) in [4.78, 5) is 23.5. The molecule has 4 aromatic carbocycles. The molecule has 0 bridgehead atoms. The van der Waals surface area contributed by atoms with Gasteiger partial charge in [-0.2, -0.15) is 0 Å². The zero-order chi connectivity index (χ0) is 26.1. The van der Waals surface area contributed by atoms with Crippen molar-refractivity contribution in [2.24, 2.45) is 0 Å². The molecule has 2 N–H and O–H groups in total. The zero-order valence-electron chi connectivity index (χ0n) is 21.0. The minimum absolute atomic E-state index is 0.156. The number of rotatable bonds is 6. The molecule has 0 aliphatic carbocycles. The van der Waals surface area contributed by atoms with Crippen LogP contribution in [0.2, 0.25) is 0 Å². The Kier molecular flexibility index (Phi) is 5.94. The maximum atomic E-state index is 12.6. The quantitative estimate of drug-likeness (QED) is 0.254. The Morgan fingerprint density at radius 2 is 1.53 bits per heavy atom. The van der Waals surface area contributed by atoms with Crippen molar-refractivity contribution in [2.45, 2.75) is 0 Å². The number of anilines is 4. The first-order valence-electron chi connectivity index (χ1n) is 12.2. The van der Waals surface area contributed by atoms with Crippen LogP contribution in [0.1, 0.15) is 10.4 Å². The molecule has 2 aromatic heterocycles. The van der Waals surface area contributed by atoms with Crippen LogP contribution in [0.5, 0.6) is 0 Å². The predicted molar refractivity (Wildman–Crippen MR) is 153 cm³/mol. The van der Waals surface area contributed by atoms with E-state index >= 15 is 0 Å². The first kappa shape index (κ1) is 23.2. The van der Waals surface area contributed by atoms with E-state index in [0.717, 1.165) is 44.6 Å². The number of nitrogens with zero attached hydrogens (tertiary/aromatic N) is 3. The first-order chi connectivity index (χ1) is 18.5. The minimum Gasteiger partial charge on any atom is -0.455 e. The van der Waals surface area contributed by atoms with Crippen molar-refractivity contribution in [2.75, 3.05) is 29.6 Å². The lowest BCUT2D eigenvalue weighted by molar-refractivity contribution is 0.102. The number of hydrogen-bond acceptors (Lipinski definition) is 6. The van der Waals surface area contributed by atoms with Gasteiger partial charge in [-0.25, -0.2) is 9.97 Å². The molecule has 0 fully saturated rings. The molecule has 2 heterocycles. The number of hydrogen-bond donors (Lipinski definition) is 2. The van der Waals surface area contributed by atoms with Crippen molar-refractivity contribution in [3.05, 3.63) is 109 Å². The third-order valence-electron chi connectivity index (χ3n) is 6.41. The number of carbonyl (C=O) groups excluding carboxylic acids is 1. The van der Waals surface area contributed by atoms with Gasteiger partial charge in [0.25, 0.3) is 5.91 Å². The van der Waals surface area contributed by atoms with Crippen molar-refractivity contribution in [3.8, 4) is 11.3 Å². The third-order valence-corrected chi connectivity index (χ3v) is 6.41. The van der Waals surface area contributed by atoms with Crippen molar-refractivity contribution < 1.29 is 9.21 Å². The van der Waals surface area contributed by atoms with Crippen molar-refractivity contribution in [1.29, 1.82) is 0 Å². The summed E-state index contributed by atoms with van der Waals surface area (Å²) in [6, 6.07) is 31.0. The van der Waals surface area contributed by atoms with E-state index in [2.05, 4.69) is 32.7 Å². The summed E-state index contributed by atoms with van der Waals surface area (Å²) < 4.78 is 6.17. The fourth-order valence-corrected chi connectivity index (χ4v) is 4.42. The highest BCUT2D eigenvalue weighted by atomic mass is 16.3. The molecule has 0 spiro atoms. The molecule has 0 aliphatic rings. The van der Waals surface area contributed by atoms with E-state index in [4.69, 9.17) is 4.42 Å². The number of aromatic nitrogens is 2. The molecular formula is C31H25N5O2. The van der Waals surface area contributed by atoms with Crippen molar-refractivity contribution in [3.63, 3.8) is 0 Å². The van der Waals surface area contributed by atoms with E-state index in [0.29, 0.717) is 17.1 Å². The Morgan fingerprint density at radius 3 is 2.32 bits per heavy atom. The second-order valence-electron chi connectivity index (χ2n) is 9.17. The van der Waals surface area contributed by atoms with E-state index in [9.17, 15) is 4.79 Å². The Hall–Kier alpha value is -5.17. The number of carbonyl (C=O) groups is 1. The Balaban J connectivity index is 1.19. The Labute approximate surface area is 219 Å². The fraction of sp³-hybridized carbons (Fsp3) is 0.0645. The number of benzene rings is 4. The molecule has 186 valence electrons. The van der Waals surface area contributed by atoms with Gasteiger partial charge in [0.1, 0.15) is 23.3 Å². The van der Waals surface area contributed by atoms with Gasteiger partial charge in [-0.15, -0.1) is 0 Å². The van der Waals surface area contributed by atoms with Crippen LogP contribution < -0.4 is 15.5 Å². The second-order valence-corrected chi connectivity index (χ2v) is 9.17. The number of para-hydroxylation sites is 2. The van der Waals surface area contributed by atoms with Crippen LogP contribution in [0.15, 0.2) is 108 Å². The minimum atomic E-state index is -0.156. The molecule has 0 saturated carbocycles. The topological polar surface area (TPSA) is 83.3 Å². The van der Waals surface area contributed by atoms with E-state index in [1.54, 1.807) is 0 Å². The van der Waals surface area contributed by atoms with Crippen LogP contribution in [-0.4, -0.2) is 30.0 Å². The van der Waals surface area contributed by atoms with Crippen LogP contribution in [0.3, 0.4) is 0 Å². The normalized spacial score (nSPS) is 11.0. The molecule has 7 nitrogen and oxygen atoms in total. The van der Waals surface area contributed by atoms with Crippen LogP contribution >= 0.6 is 0 Å². The molecule has 0 unspecified atom stereocenters. The Bertz CT molecular complexity index is 1760. The highest BCUT2D eigenvalue weighted by molar-refractivity contribution is 6.09. The largest absolute Gasteiger partial charge is 0.455 e. The van der Waals surface area contributed by atoms with Gasteiger partial charge in [0, 0.05) is 59.1 Å². The van der Waals surface area contributed by atoms with Crippen molar-refractivity contribution in [1.82, 2.24) is 9.97 Å². The number of amides is 1. The summed E-state index contributed by atoms with van der Waals surface area (Å²) in [6.45, 7) is 0. The summed E-state index contributed by atoms with van der Waals surface area (Å²) in [5, 5.41) is 8.39. The average Bonchev–Trinajstić information content (AvgIpc) is 3.33. The van der Waals surface area contributed by atoms with Gasteiger partial charge in [-0.05, 0) is 60.7 Å². The summed E-state index contributed by atoms with van der Waals surface area (Å²) in [7, 11) is 3.93. The Morgan fingerprint density at radius 1 is 0.789 bits per heavy atom. The highest BCUT2D eigenvalue weighted by Gasteiger charge is 2.13. The number of nitrogens with one attached hydrogen (secondary N) is 2. The number of furan rings is 1. The predicted octanol–water partition coefficient (Wildman–Crippen LogP) is 7.10. The lowest BCUT2D eigenvalue weighted by Crippen LogP contribution is -2.13. The second kappa shape index (κ2) is 9.71. The lowest BCUT2D eigenvalue weighted by atomic mass is 10.1. The zero-order valence-corrected chi connectivity index (χ0v) is 21.0. The van der Waals surface area contributed by atoms with Gasteiger partial charge in [0.05, 0.1) is 5.69 Å². The molecule has 1 amide bonds. The lowest BCUT2D eigenvalue weighted by Gasteiger charge is -2.13. The van der Waals surface area contributed by atoms with E-state index < -0.39 is 0 Å². The standard InChI is InChI=1S/C31H25N5O2/c1-36(2)23-16-10-20(11-17-23)31(37)35-22-14-12-21(13-15-22)34-29-18-27(32-19-33-29)26-8-5-7-25-24-6-3-4-9-28(24)38-30(25)26/h3-19H,1-2H3,(H,35,37)(H,32,33,34). The summed E-state index contributed by atoms with van der Waals surface area (Å²) in [6.07, 6.45) is 1.54. The molecular weight excluding hydrogens is 474 g/mol. The van der Waals surface area contributed by atoms with Crippen LogP contribution in [0.25, 0.3) is 33.2 Å².